The first-order valence-corrected chi connectivity index (χ1v) is 10.5. The highest BCUT2D eigenvalue weighted by Gasteiger charge is 2.42. The molecule has 0 spiro atoms. The molecular formula is C14H25IN4O2S. The number of carbonyl (C=O) groups is 2. The highest BCUT2D eigenvalue weighted by molar-refractivity contribution is 14.1. The number of urea groups is 1. The molecule has 2 rings (SSSR count). The van der Waals surface area contributed by atoms with Gasteiger partial charge in [0.2, 0.25) is 5.91 Å². The van der Waals surface area contributed by atoms with Crippen molar-refractivity contribution < 1.29 is 9.59 Å². The van der Waals surface area contributed by atoms with Crippen LogP contribution in [0.5, 0.6) is 0 Å². The van der Waals surface area contributed by atoms with Crippen molar-refractivity contribution >= 4 is 46.3 Å². The fourth-order valence-electron chi connectivity index (χ4n) is 2.87. The number of carbonyl (C=O) groups excluding carboxylic acids is 2. The average Bonchev–Trinajstić information content (AvgIpc) is 3.03. The number of unbranched alkanes of at least 4 members (excludes halogenated alkanes) is 1. The first-order valence-electron chi connectivity index (χ1n) is 7.92. The van der Waals surface area contributed by atoms with Crippen LogP contribution in [0.4, 0.5) is 4.79 Å². The van der Waals surface area contributed by atoms with E-state index in [1.165, 1.54) is 0 Å². The van der Waals surface area contributed by atoms with Gasteiger partial charge in [-0.05, 0) is 25.8 Å². The lowest BCUT2D eigenvalue weighted by Crippen LogP contribution is -2.36. The van der Waals surface area contributed by atoms with E-state index in [9.17, 15) is 9.59 Å². The van der Waals surface area contributed by atoms with E-state index in [0.29, 0.717) is 17.7 Å². The third-order valence-electron chi connectivity index (χ3n) is 4.03. The Bertz CT molecular complexity index is 386. The third kappa shape index (κ3) is 5.77. The van der Waals surface area contributed by atoms with Crippen molar-refractivity contribution in [2.45, 2.75) is 49.4 Å². The number of fused-ring (bicyclic) bond motifs is 1. The first kappa shape index (κ1) is 18.1. The lowest BCUT2D eigenvalue weighted by molar-refractivity contribution is -0.121. The summed E-state index contributed by atoms with van der Waals surface area (Å²) >= 11 is 4.21. The Balaban J connectivity index is 1.49. The fourth-order valence-corrected chi connectivity index (χ4v) is 4.80. The molecule has 0 bridgehead atoms. The molecule has 0 saturated carbocycles. The molecule has 2 heterocycles. The minimum atomic E-state index is -0.0308. The van der Waals surface area contributed by atoms with E-state index in [0.717, 1.165) is 49.1 Å². The molecule has 2 unspecified atom stereocenters. The molecule has 6 nitrogen and oxygen atoms in total. The van der Waals surface area contributed by atoms with Crippen LogP contribution in [0, 0.1) is 0 Å². The number of hydrogen-bond donors (Lipinski definition) is 4. The van der Waals surface area contributed by atoms with Crippen molar-refractivity contribution in [2.24, 2.45) is 0 Å². The van der Waals surface area contributed by atoms with Gasteiger partial charge in [-0.15, -0.1) is 0 Å². The van der Waals surface area contributed by atoms with Crippen LogP contribution in [0.15, 0.2) is 0 Å². The summed E-state index contributed by atoms with van der Waals surface area (Å²) < 4.78 is 0.947. The molecule has 0 aromatic carbocycles. The predicted octanol–water partition coefficient (Wildman–Crippen LogP) is 1.20. The largest absolute Gasteiger partial charge is 0.356 e. The Morgan fingerprint density at radius 3 is 2.95 bits per heavy atom. The van der Waals surface area contributed by atoms with Crippen molar-refractivity contribution in [3.05, 3.63) is 0 Å². The lowest BCUT2D eigenvalue weighted by atomic mass is 10.0. The molecule has 2 saturated heterocycles. The standard InChI is InChI=1S/C14H25IN4O2S/c15-9-16-6-3-7-17-12(20)5-2-1-4-11-13-10(8-22-11)18-14(21)19-13/h10-11,13,16H,1-9H2,(H,17,20)(H2,18,19,21)/t10?,11-,13?/m0/s1. The zero-order chi connectivity index (χ0) is 15.8. The van der Waals surface area contributed by atoms with E-state index in [1.807, 2.05) is 11.8 Å². The van der Waals surface area contributed by atoms with Gasteiger partial charge in [-0.1, -0.05) is 29.0 Å². The van der Waals surface area contributed by atoms with Crippen molar-refractivity contribution in [3.8, 4) is 0 Å². The average molecular weight is 440 g/mol. The smallest absolute Gasteiger partial charge is 0.315 e. The van der Waals surface area contributed by atoms with Crippen molar-refractivity contribution in [2.75, 3.05) is 23.4 Å². The lowest BCUT2D eigenvalue weighted by Gasteiger charge is -2.16. The van der Waals surface area contributed by atoms with Crippen LogP contribution < -0.4 is 21.3 Å². The van der Waals surface area contributed by atoms with Gasteiger partial charge < -0.3 is 21.3 Å². The summed E-state index contributed by atoms with van der Waals surface area (Å²) in [5.41, 5.74) is 0. The second-order valence-corrected chi connectivity index (χ2v) is 7.74. The van der Waals surface area contributed by atoms with Crippen LogP contribution in [-0.4, -0.2) is 52.7 Å². The Labute approximate surface area is 149 Å². The second kappa shape index (κ2) is 9.82. The summed E-state index contributed by atoms with van der Waals surface area (Å²) in [6.07, 6.45) is 4.62. The Morgan fingerprint density at radius 2 is 2.14 bits per heavy atom. The molecule has 2 aliphatic rings. The van der Waals surface area contributed by atoms with Crippen LogP contribution in [0.2, 0.25) is 0 Å². The molecule has 0 aromatic heterocycles. The SMILES string of the molecule is O=C(CCCC[C@@H]1SCC2NC(=O)NC21)NCCCNCI. The molecule has 126 valence electrons. The number of thioether (sulfide) groups is 1. The molecule has 3 amide bonds. The molecule has 8 heteroatoms. The number of halogens is 1. The van der Waals surface area contributed by atoms with Crippen molar-refractivity contribution in [1.29, 1.82) is 0 Å². The quantitative estimate of drug-likeness (QED) is 0.135. The maximum Gasteiger partial charge on any atom is 0.315 e. The number of rotatable bonds is 10. The minimum absolute atomic E-state index is 0.0308. The van der Waals surface area contributed by atoms with Crippen LogP contribution >= 0.6 is 34.4 Å². The summed E-state index contributed by atoms with van der Waals surface area (Å²) in [5.74, 6) is 1.15. The number of alkyl halides is 1. The Morgan fingerprint density at radius 1 is 1.27 bits per heavy atom. The topological polar surface area (TPSA) is 82.3 Å². The molecule has 2 aliphatic heterocycles. The molecule has 0 radical (unpaired) electrons. The van der Waals surface area contributed by atoms with Crippen LogP contribution in [0.3, 0.4) is 0 Å². The van der Waals surface area contributed by atoms with Gasteiger partial charge in [0.25, 0.3) is 0 Å². The predicted molar refractivity (Wildman–Crippen MR) is 98.5 cm³/mol. The Kier molecular flexibility index (Phi) is 8.09. The molecule has 3 atom stereocenters. The maximum atomic E-state index is 11.7. The summed E-state index contributed by atoms with van der Waals surface area (Å²) in [5, 5.41) is 12.6. The van der Waals surface area contributed by atoms with Gasteiger partial charge in [0.1, 0.15) is 0 Å². The monoisotopic (exact) mass is 440 g/mol. The number of nitrogens with one attached hydrogen (secondary N) is 4. The van der Waals surface area contributed by atoms with Gasteiger partial charge in [-0.2, -0.15) is 11.8 Å². The molecule has 0 aliphatic carbocycles. The number of hydrogen-bond acceptors (Lipinski definition) is 4. The highest BCUT2D eigenvalue weighted by atomic mass is 127. The fraction of sp³-hybridized carbons (Fsp3) is 0.857. The van der Waals surface area contributed by atoms with Gasteiger partial charge in [0, 0.05) is 28.5 Å². The highest BCUT2D eigenvalue weighted by Crippen LogP contribution is 2.33. The zero-order valence-corrected chi connectivity index (χ0v) is 15.7. The van der Waals surface area contributed by atoms with Crippen molar-refractivity contribution in [3.63, 3.8) is 0 Å². The van der Waals surface area contributed by atoms with E-state index in [2.05, 4.69) is 43.9 Å². The summed E-state index contributed by atoms with van der Waals surface area (Å²) in [6, 6.07) is 0.537. The normalized spacial score (nSPS) is 26.4. The van der Waals surface area contributed by atoms with E-state index >= 15 is 0 Å². The second-order valence-electron chi connectivity index (χ2n) is 5.70. The summed E-state index contributed by atoms with van der Waals surface area (Å²) in [7, 11) is 0. The van der Waals surface area contributed by atoms with Gasteiger partial charge in [0.05, 0.1) is 12.1 Å². The first-order chi connectivity index (χ1) is 10.7. The van der Waals surface area contributed by atoms with Crippen LogP contribution in [-0.2, 0) is 4.79 Å². The van der Waals surface area contributed by atoms with Gasteiger partial charge in [0.15, 0.2) is 0 Å². The van der Waals surface area contributed by atoms with Crippen LogP contribution in [0.25, 0.3) is 0 Å². The molecule has 4 N–H and O–H groups in total. The third-order valence-corrected chi connectivity index (χ3v) is 6.08. The zero-order valence-electron chi connectivity index (χ0n) is 12.7. The van der Waals surface area contributed by atoms with Gasteiger partial charge >= 0.3 is 6.03 Å². The van der Waals surface area contributed by atoms with Gasteiger partial charge in [-0.3, -0.25) is 4.79 Å². The maximum absolute atomic E-state index is 11.7. The molecule has 22 heavy (non-hydrogen) atoms. The molecule has 0 aromatic rings. The van der Waals surface area contributed by atoms with E-state index in [4.69, 9.17) is 0 Å². The van der Waals surface area contributed by atoms with Crippen molar-refractivity contribution in [1.82, 2.24) is 21.3 Å². The number of amides is 3. The Hall–Kier alpha value is -0.220. The summed E-state index contributed by atoms with van der Waals surface area (Å²) in [4.78, 5) is 23.0. The molecular weight excluding hydrogens is 415 g/mol. The van der Waals surface area contributed by atoms with E-state index < -0.39 is 0 Å². The van der Waals surface area contributed by atoms with E-state index in [1.54, 1.807) is 0 Å². The summed E-state index contributed by atoms with van der Waals surface area (Å²) in [6.45, 7) is 1.70. The van der Waals surface area contributed by atoms with E-state index in [-0.39, 0.29) is 18.0 Å². The minimum Gasteiger partial charge on any atom is -0.356 e. The molecule has 2 fully saturated rings. The van der Waals surface area contributed by atoms with Gasteiger partial charge in [-0.25, -0.2) is 4.79 Å². The van der Waals surface area contributed by atoms with Crippen LogP contribution in [0.1, 0.15) is 32.1 Å².